The highest BCUT2D eigenvalue weighted by Crippen LogP contribution is 2.55. The van der Waals surface area contributed by atoms with Crippen molar-refractivity contribution in [3.8, 4) is 11.5 Å². The molecule has 2 aromatic carbocycles. The van der Waals surface area contributed by atoms with Crippen LogP contribution in [0.15, 0.2) is 40.9 Å². The molecule has 3 nitrogen and oxygen atoms in total. The van der Waals surface area contributed by atoms with E-state index >= 15 is 0 Å². The Morgan fingerprint density at radius 3 is 2.23 bits per heavy atom. The van der Waals surface area contributed by atoms with Crippen LogP contribution < -0.4 is 14.8 Å². The third kappa shape index (κ3) is 4.24. The van der Waals surface area contributed by atoms with E-state index in [9.17, 15) is 0 Å². The molecular weight excluding hydrogens is 462 g/mol. The first kappa shape index (κ1) is 20.7. The fraction of sp³-hybridized carbons (Fsp3) is 0.520. The first-order chi connectivity index (χ1) is 14.5. The molecule has 0 amide bonds. The van der Waals surface area contributed by atoms with Crippen LogP contribution in [0.5, 0.6) is 11.5 Å². The van der Waals surface area contributed by atoms with Gasteiger partial charge in [-0.05, 0) is 91.7 Å². The van der Waals surface area contributed by atoms with Crippen LogP contribution in [-0.4, -0.2) is 12.6 Å². The van der Waals surface area contributed by atoms with Gasteiger partial charge >= 0.3 is 0 Å². The molecule has 0 aromatic heterocycles. The predicted octanol–water partition coefficient (Wildman–Crippen LogP) is 6.75. The lowest BCUT2D eigenvalue weighted by molar-refractivity contribution is -0.0206. The Morgan fingerprint density at radius 2 is 1.63 bits per heavy atom. The number of hydrogen-bond acceptors (Lipinski definition) is 3. The van der Waals surface area contributed by atoms with Crippen molar-refractivity contribution in [3.05, 3.63) is 57.0 Å². The molecule has 30 heavy (non-hydrogen) atoms. The molecule has 4 aliphatic rings. The van der Waals surface area contributed by atoms with Crippen molar-refractivity contribution in [2.24, 2.45) is 17.8 Å². The molecule has 0 aliphatic heterocycles. The van der Waals surface area contributed by atoms with Gasteiger partial charge in [0.05, 0.1) is 7.11 Å². The standard InChI is InChI=1S/C25H29BrClNO2/c1-29-23-9-20(14-28-25-11-17-6-18(12-25)8-19(7-17)13-25)22(26)10-24(23)30-15-16-2-4-21(27)5-3-16/h2-5,9-10,17-19,28H,6-8,11-15H2,1H3. The van der Waals surface area contributed by atoms with E-state index in [2.05, 4.69) is 27.3 Å². The number of ether oxygens (including phenoxy) is 2. The van der Waals surface area contributed by atoms with E-state index < -0.39 is 0 Å². The van der Waals surface area contributed by atoms with Crippen molar-refractivity contribution in [3.63, 3.8) is 0 Å². The lowest BCUT2D eigenvalue weighted by atomic mass is 9.53. The molecular formula is C25H29BrClNO2. The molecule has 2 aromatic rings. The van der Waals surface area contributed by atoms with E-state index in [1.807, 2.05) is 30.3 Å². The van der Waals surface area contributed by atoms with Crippen molar-refractivity contribution in [2.45, 2.75) is 57.2 Å². The van der Waals surface area contributed by atoms with Gasteiger partial charge in [-0.2, -0.15) is 0 Å². The zero-order chi connectivity index (χ0) is 20.7. The Labute approximate surface area is 192 Å². The van der Waals surface area contributed by atoms with Crippen LogP contribution in [-0.2, 0) is 13.2 Å². The van der Waals surface area contributed by atoms with E-state index in [-0.39, 0.29) is 0 Å². The highest BCUT2D eigenvalue weighted by Gasteiger charge is 2.50. The zero-order valence-corrected chi connectivity index (χ0v) is 19.8. The zero-order valence-electron chi connectivity index (χ0n) is 17.4. The van der Waals surface area contributed by atoms with Crippen LogP contribution >= 0.6 is 27.5 Å². The summed E-state index contributed by atoms with van der Waals surface area (Å²) in [5.41, 5.74) is 2.65. The van der Waals surface area contributed by atoms with E-state index in [0.717, 1.165) is 50.9 Å². The summed E-state index contributed by atoms with van der Waals surface area (Å²) in [6, 6.07) is 11.9. The predicted molar refractivity (Wildman–Crippen MR) is 124 cm³/mol. The van der Waals surface area contributed by atoms with Gasteiger partial charge in [-0.1, -0.05) is 39.7 Å². The lowest BCUT2D eigenvalue weighted by Gasteiger charge is -2.57. The van der Waals surface area contributed by atoms with Crippen molar-refractivity contribution < 1.29 is 9.47 Å². The van der Waals surface area contributed by atoms with Gasteiger partial charge in [0.15, 0.2) is 11.5 Å². The summed E-state index contributed by atoms with van der Waals surface area (Å²) < 4.78 is 12.8. The van der Waals surface area contributed by atoms with Gasteiger partial charge in [0.1, 0.15) is 6.61 Å². The van der Waals surface area contributed by atoms with Crippen LogP contribution in [0, 0.1) is 17.8 Å². The van der Waals surface area contributed by atoms with Gasteiger partial charge < -0.3 is 14.8 Å². The number of benzene rings is 2. The first-order valence-electron chi connectivity index (χ1n) is 11.0. The number of rotatable bonds is 7. The molecule has 0 heterocycles. The van der Waals surface area contributed by atoms with Crippen molar-refractivity contribution >= 4 is 27.5 Å². The maximum absolute atomic E-state index is 6.05. The Hall–Kier alpha value is -1.23. The molecule has 0 saturated heterocycles. The maximum atomic E-state index is 6.05. The van der Waals surface area contributed by atoms with E-state index in [1.165, 1.54) is 44.1 Å². The number of halogens is 2. The van der Waals surface area contributed by atoms with Crippen LogP contribution in [0.25, 0.3) is 0 Å². The van der Waals surface area contributed by atoms with E-state index in [4.69, 9.17) is 21.1 Å². The summed E-state index contributed by atoms with van der Waals surface area (Å²) in [5, 5.41) is 4.71. The second kappa shape index (κ2) is 8.37. The molecule has 4 saturated carbocycles. The van der Waals surface area contributed by atoms with Gasteiger partial charge in [-0.3, -0.25) is 0 Å². The van der Waals surface area contributed by atoms with Crippen LogP contribution in [0.3, 0.4) is 0 Å². The number of methoxy groups -OCH3 is 1. The molecule has 4 bridgehead atoms. The molecule has 6 rings (SSSR count). The number of nitrogens with one attached hydrogen (secondary N) is 1. The highest BCUT2D eigenvalue weighted by molar-refractivity contribution is 9.10. The molecule has 0 atom stereocenters. The summed E-state index contributed by atoms with van der Waals surface area (Å²) in [7, 11) is 1.70. The molecule has 4 aliphatic carbocycles. The average Bonchev–Trinajstić information content (AvgIpc) is 2.71. The monoisotopic (exact) mass is 489 g/mol. The normalized spacial score (nSPS) is 29.2. The summed E-state index contributed by atoms with van der Waals surface area (Å²) in [5.74, 6) is 4.37. The lowest BCUT2D eigenvalue weighted by Crippen LogP contribution is -2.58. The molecule has 5 heteroatoms. The fourth-order valence-corrected chi connectivity index (χ4v) is 6.93. The van der Waals surface area contributed by atoms with E-state index in [0.29, 0.717) is 12.1 Å². The summed E-state index contributed by atoms with van der Waals surface area (Å²) in [6.07, 6.45) is 8.48. The smallest absolute Gasteiger partial charge is 0.162 e. The van der Waals surface area contributed by atoms with Gasteiger partial charge in [0.2, 0.25) is 0 Å². The topological polar surface area (TPSA) is 30.5 Å². The largest absolute Gasteiger partial charge is 0.493 e. The molecule has 0 unspecified atom stereocenters. The van der Waals surface area contributed by atoms with Gasteiger partial charge in [0, 0.05) is 21.6 Å². The quantitative estimate of drug-likeness (QED) is 0.466. The maximum Gasteiger partial charge on any atom is 0.162 e. The fourth-order valence-electron chi connectivity index (χ4n) is 6.34. The minimum atomic E-state index is 0.352. The summed E-state index contributed by atoms with van der Waals surface area (Å²) in [6.45, 7) is 1.34. The Balaban J connectivity index is 1.27. The first-order valence-corrected chi connectivity index (χ1v) is 12.2. The van der Waals surface area contributed by atoms with Crippen molar-refractivity contribution in [1.29, 1.82) is 0 Å². The molecule has 4 fully saturated rings. The van der Waals surface area contributed by atoms with Gasteiger partial charge in [-0.25, -0.2) is 0 Å². The van der Waals surface area contributed by atoms with E-state index in [1.54, 1.807) is 7.11 Å². The third-order valence-corrected chi connectivity index (χ3v) is 8.32. The van der Waals surface area contributed by atoms with Crippen molar-refractivity contribution in [1.82, 2.24) is 5.32 Å². The molecule has 1 N–H and O–H groups in total. The van der Waals surface area contributed by atoms with Crippen LogP contribution in [0.4, 0.5) is 0 Å². The second-order valence-corrected chi connectivity index (χ2v) is 10.9. The van der Waals surface area contributed by atoms with Gasteiger partial charge in [-0.15, -0.1) is 0 Å². The Kier molecular flexibility index (Phi) is 5.76. The summed E-state index contributed by atoms with van der Waals surface area (Å²) >= 11 is 9.73. The number of hydrogen-bond donors (Lipinski definition) is 1. The van der Waals surface area contributed by atoms with Crippen LogP contribution in [0.1, 0.15) is 49.7 Å². The third-order valence-electron chi connectivity index (χ3n) is 7.33. The molecule has 0 spiro atoms. The van der Waals surface area contributed by atoms with Crippen molar-refractivity contribution in [2.75, 3.05) is 7.11 Å². The molecule has 0 radical (unpaired) electrons. The summed E-state index contributed by atoms with van der Waals surface area (Å²) in [4.78, 5) is 0. The highest BCUT2D eigenvalue weighted by atomic mass is 79.9. The molecule has 160 valence electrons. The van der Waals surface area contributed by atoms with Crippen LogP contribution in [0.2, 0.25) is 5.02 Å². The second-order valence-electron chi connectivity index (χ2n) is 9.56. The minimum Gasteiger partial charge on any atom is -0.493 e. The van der Waals surface area contributed by atoms with Gasteiger partial charge in [0.25, 0.3) is 0 Å². The average molecular weight is 491 g/mol. The Bertz CT molecular complexity index is 879. The SMILES string of the molecule is COc1cc(CNC23CC4CC(CC(C4)C2)C3)c(Br)cc1OCc1ccc(Cl)cc1. The Morgan fingerprint density at radius 1 is 1.00 bits per heavy atom. The minimum absolute atomic E-state index is 0.352.